The van der Waals surface area contributed by atoms with Gasteiger partial charge in [-0.25, -0.2) is 4.98 Å². The molecule has 5 heteroatoms. The standard InChI is InChI=1S/C16H17N3O2/c1-10-5-8-14(15(17)19-20)16(18-10)21-13-7-6-11-3-2-4-12(11)9-13/h5-9,20H,2-4H2,1H3,(H2,17,19). The van der Waals surface area contributed by atoms with E-state index in [1.54, 1.807) is 12.1 Å². The molecule has 0 fully saturated rings. The first kappa shape index (κ1) is 13.4. The van der Waals surface area contributed by atoms with Crippen molar-refractivity contribution >= 4 is 5.84 Å². The van der Waals surface area contributed by atoms with Gasteiger partial charge in [0.2, 0.25) is 5.88 Å². The maximum absolute atomic E-state index is 8.85. The van der Waals surface area contributed by atoms with Crippen molar-refractivity contribution in [3.8, 4) is 11.6 Å². The number of aromatic nitrogens is 1. The minimum Gasteiger partial charge on any atom is -0.438 e. The van der Waals surface area contributed by atoms with E-state index in [4.69, 9.17) is 15.7 Å². The van der Waals surface area contributed by atoms with E-state index in [0.717, 1.165) is 24.3 Å². The van der Waals surface area contributed by atoms with Crippen LogP contribution in [0.2, 0.25) is 0 Å². The van der Waals surface area contributed by atoms with Crippen LogP contribution in [0, 0.1) is 6.92 Å². The SMILES string of the molecule is Cc1ccc(C(N)=NO)c(Oc2ccc3c(c2)CCC3)n1. The van der Waals surface area contributed by atoms with Crippen molar-refractivity contribution in [1.29, 1.82) is 0 Å². The van der Waals surface area contributed by atoms with Gasteiger partial charge in [-0.3, -0.25) is 0 Å². The summed E-state index contributed by atoms with van der Waals surface area (Å²) in [6.45, 7) is 1.87. The van der Waals surface area contributed by atoms with Gasteiger partial charge >= 0.3 is 0 Å². The molecule has 1 aromatic carbocycles. The van der Waals surface area contributed by atoms with Crippen molar-refractivity contribution in [2.75, 3.05) is 0 Å². The van der Waals surface area contributed by atoms with Crippen LogP contribution in [0.4, 0.5) is 0 Å². The van der Waals surface area contributed by atoms with Crippen LogP contribution in [0.3, 0.4) is 0 Å². The summed E-state index contributed by atoms with van der Waals surface area (Å²) in [6.07, 6.45) is 3.41. The summed E-state index contributed by atoms with van der Waals surface area (Å²) in [7, 11) is 0. The highest BCUT2D eigenvalue weighted by atomic mass is 16.5. The van der Waals surface area contributed by atoms with Crippen molar-refractivity contribution < 1.29 is 9.94 Å². The highest BCUT2D eigenvalue weighted by Crippen LogP contribution is 2.29. The number of rotatable bonds is 3. The summed E-state index contributed by atoms with van der Waals surface area (Å²) >= 11 is 0. The molecule has 0 saturated carbocycles. The summed E-state index contributed by atoms with van der Waals surface area (Å²) in [6, 6.07) is 9.60. The maximum atomic E-state index is 8.85. The molecule has 0 radical (unpaired) electrons. The summed E-state index contributed by atoms with van der Waals surface area (Å²) in [4.78, 5) is 4.34. The van der Waals surface area contributed by atoms with E-state index in [1.807, 2.05) is 19.1 Å². The third-order valence-corrected chi connectivity index (χ3v) is 3.67. The van der Waals surface area contributed by atoms with Crippen LogP contribution in [0.5, 0.6) is 11.6 Å². The molecule has 21 heavy (non-hydrogen) atoms. The Balaban J connectivity index is 1.96. The minimum absolute atomic E-state index is 0.0151. The minimum atomic E-state index is -0.0151. The van der Waals surface area contributed by atoms with Crippen molar-refractivity contribution in [2.45, 2.75) is 26.2 Å². The van der Waals surface area contributed by atoms with Crippen LogP contribution in [-0.2, 0) is 12.8 Å². The Morgan fingerprint density at radius 2 is 2.05 bits per heavy atom. The second-order valence-corrected chi connectivity index (χ2v) is 5.18. The predicted molar refractivity (Wildman–Crippen MR) is 80.0 cm³/mol. The normalized spacial score (nSPS) is 14.0. The first-order valence-electron chi connectivity index (χ1n) is 6.92. The van der Waals surface area contributed by atoms with Gasteiger partial charge in [0.05, 0.1) is 5.56 Å². The number of ether oxygens (including phenoxy) is 1. The van der Waals surface area contributed by atoms with Crippen LogP contribution in [0.25, 0.3) is 0 Å². The van der Waals surface area contributed by atoms with Crippen molar-refractivity contribution in [2.24, 2.45) is 10.9 Å². The van der Waals surface area contributed by atoms with Gasteiger partial charge in [-0.15, -0.1) is 0 Å². The molecule has 1 aliphatic carbocycles. The lowest BCUT2D eigenvalue weighted by molar-refractivity contribution is 0.318. The molecule has 0 saturated heterocycles. The van der Waals surface area contributed by atoms with Crippen LogP contribution < -0.4 is 10.5 Å². The Morgan fingerprint density at radius 3 is 2.86 bits per heavy atom. The molecular formula is C16H17N3O2. The fourth-order valence-electron chi connectivity index (χ4n) is 2.58. The number of oxime groups is 1. The van der Waals surface area contributed by atoms with Gasteiger partial charge in [-0.05, 0) is 61.6 Å². The van der Waals surface area contributed by atoms with E-state index in [9.17, 15) is 0 Å². The Morgan fingerprint density at radius 1 is 1.24 bits per heavy atom. The third kappa shape index (κ3) is 2.67. The second-order valence-electron chi connectivity index (χ2n) is 5.18. The number of amidine groups is 1. The van der Waals surface area contributed by atoms with Crippen LogP contribution in [-0.4, -0.2) is 16.0 Å². The average Bonchev–Trinajstić information content (AvgIpc) is 2.94. The van der Waals surface area contributed by atoms with E-state index in [-0.39, 0.29) is 5.84 Å². The molecule has 1 aromatic heterocycles. The first-order chi connectivity index (χ1) is 10.2. The van der Waals surface area contributed by atoms with Gasteiger partial charge in [-0.2, -0.15) is 0 Å². The van der Waals surface area contributed by atoms with Crippen molar-refractivity contribution in [3.63, 3.8) is 0 Å². The Labute approximate surface area is 123 Å². The molecule has 3 N–H and O–H groups in total. The van der Waals surface area contributed by atoms with E-state index in [2.05, 4.69) is 16.2 Å². The summed E-state index contributed by atoms with van der Waals surface area (Å²) in [5.74, 6) is 1.06. The zero-order valence-corrected chi connectivity index (χ0v) is 11.8. The molecular weight excluding hydrogens is 266 g/mol. The number of fused-ring (bicyclic) bond motifs is 1. The van der Waals surface area contributed by atoms with Crippen LogP contribution >= 0.6 is 0 Å². The van der Waals surface area contributed by atoms with Gasteiger partial charge in [-0.1, -0.05) is 11.2 Å². The number of nitrogens with zero attached hydrogens (tertiary/aromatic N) is 2. The Hall–Kier alpha value is -2.56. The molecule has 5 nitrogen and oxygen atoms in total. The number of pyridine rings is 1. The molecule has 0 spiro atoms. The summed E-state index contributed by atoms with van der Waals surface area (Å²) in [5.41, 5.74) is 9.66. The lowest BCUT2D eigenvalue weighted by Crippen LogP contribution is -2.15. The average molecular weight is 283 g/mol. The van der Waals surface area contributed by atoms with Crippen molar-refractivity contribution in [3.05, 3.63) is 52.7 Å². The topological polar surface area (TPSA) is 80.7 Å². The molecule has 0 bridgehead atoms. The Bertz CT molecular complexity index is 711. The van der Waals surface area contributed by atoms with Gasteiger partial charge < -0.3 is 15.7 Å². The lowest BCUT2D eigenvalue weighted by atomic mass is 10.1. The maximum Gasteiger partial charge on any atom is 0.230 e. The Kier molecular flexibility index (Phi) is 3.48. The van der Waals surface area contributed by atoms with Gasteiger partial charge in [0, 0.05) is 5.69 Å². The fourth-order valence-corrected chi connectivity index (χ4v) is 2.58. The van der Waals surface area contributed by atoms with Crippen LogP contribution in [0.1, 0.15) is 28.8 Å². The smallest absolute Gasteiger partial charge is 0.230 e. The molecule has 2 aromatic rings. The number of hydrogen-bond acceptors (Lipinski definition) is 4. The lowest BCUT2D eigenvalue weighted by Gasteiger charge is -2.11. The monoisotopic (exact) mass is 283 g/mol. The fraction of sp³-hybridized carbons (Fsp3) is 0.250. The molecule has 1 heterocycles. The highest BCUT2D eigenvalue weighted by molar-refractivity contribution is 5.99. The highest BCUT2D eigenvalue weighted by Gasteiger charge is 2.14. The molecule has 108 valence electrons. The number of benzene rings is 1. The number of nitrogens with two attached hydrogens (primary N) is 1. The van der Waals surface area contributed by atoms with Gasteiger partial charge in [0.1, 0.15) is 5.75 Å². The molecule has 0 atom stereocenters. The molecule has 1 aliphatic rings. The molecule has 0 aliphatic heterocycles. The molecule has 3 rings (SSSR count). The zero-order chi connectivity index (χ0) is 14.8. The van der Waals surface area contributed by atoms with Crippen LogP contribution in [0.15, 0.2) is 35.5 Å². The van der Waals surface area contributed by atoms with Gasteiger partial charge in [0.25, 0.3) is 0 Å². The first-order valence-corrected chi connectivity index (χ1v) is 6.92. The summed E-state index contributed by atoms with van der Waals surface area (Å²) in [5, 5.41) is 11.9. The second kappa shape index (κ2) is 5.44. The summed E-state index contributed by atoms with van der Waals surface area (Å²) < 4.78 is 5.86. The molecule has 0 unspecified atom stereocenters. The van der Waals surface area contributed by atoms with E-state index in [1.165, 1.54) is 17.5 Å². The molecule has 0 amide bonds. The van der Waals surface area contributed by atoms with Gasteiger partial charge in [0.15, 0.2) is 5.84 Å². The van der Waals surface area contributed by atoms with E-state index < -0.39 is 0 Å². The third-order valence-electron chi connectivity index (χ3n) is 3.67. The van der Waals surface area contributed by atoms with E-state index >= 15 is 0 Å². The van der Waals surface area contributed by atoms with Crippen molar-refractivity contribution in [1.82, 2.24) is 4.98 Å². The predicted octanol–water partition coefficient (Wildman–Crippen LogP) is 2.77. The zero-order valence-electron chi connectivity index (χ0n) is 11.8. The quantitative estimate of drug-likeness (QED) is 0.393. The number of aryl methyl sites for hydroxylation is 3. The largest absolute Gasteiger partial charge is 0.438 e. The van der Waals surface area contributed by atoms with E-state index in [0.29, 0.717) is 11.4 Å². The number of hydrogen-bond donors (Lipinski definition) is 2.